The highest BCUT2D eigenvalue weighted by atomic mass is 16.7. The Bertz CT molecular complexity index is 619. The van der Waals surface area contributed by atoms with Crippen LogP contribution < -0.4 is 14.8 Å². The third kappa shape index (κ3) is 3.49. The molecule has 3 amide bonds. The first kappa shape index (κ1) is 15.5. The largest absolute Gasteiger partial charge is 0.454 e. The minimum absolute atomic E-state index is 0.0972. The number of likely N-dealkylation sites (tertiary alicyclic amines) is 1. The average Bonchev–Trinajstić information content (AvgIpc) is 3.15. The molecule has 1 unspecified atom stereocenters. The van der Waals surface area contributed by atoms with Gasteiger partial charge in [-0.25, -0.2) is 4.79 Å². The lowest BCUT2D eigenvalue weighted by Gasteiger charge is -2.22. The van der Waals surface area contributed by atoms with Crippen LogP contribution in [0.25, 0.3) is 0 Å². The number of urea groups is 1. The number of benzene rings is 1. The van der Waals surface area contributed by atoms with Crippen molar-refractivity contribution in [3.8, 4) is 11.5 Å². The zero-order valence-electron chi connectivity index (χ0n) is 13.4. The number of rotatable bonds is 3. The van der Waals surface area contributed by atoms with Gasteiger partial charge in [0.05, 0.1) is 0 Å². The van der Waals surface area contributed by atoms with Crippen molar-refractivity contribution in [3.05, 3.63) is 18.2 Å². The molecule has 1 N–H and O–H groups in total. The first-order valence-corrected chi connectivity index (χ1v) is 7.70. The quantitative estimate of drug-likeness (QED) is 0.921. The number of hydrogen-bond donors (Lipinski definition) is 1. The second-order valence-corrected chi connectivity index (χ2v) is 6.00. The van der Waals surface area contributed by atoms with Crippen LogP contribution in [0.5, 0.6) is 11.5 Å². The van der Waals surface area contributed by atoms with E-state index in [1.54, 1.807) is 37.1 Å². The Labute approximate surface area is 135 Å². The van der Waals surface area contributed by atoms with Gasteiger partial charge in [0.15, 0.2) is 11.5 Å². The van der Waals surface area contributed by atoms with Gasteiger partial charge in [0.2, 0.25) is 12.7 Å². The summed E-state index contributed by atoms with van der Waals surface area (Å²) in [5, 5.41) is 2.85. The summed E-state index contributed by atoms with van der Waals surface area (Å²) in [7, 11) is 1.76. The highest BCUT2D eigenvalue weighted by Crippen LogP contribution is 2.34. The monoisotopic (exact) mass is 319 g/mol. The number of hydrogen-bond acceptors (Lipinski definition) is 4. The minimum Gasteiger partial charge on any atom is -0.454 e. The van der Waals surface area contributed by atoms with Crippen LogP contribution in [0.2, 0.25) is 0 Å². The maximum atomic E-state index is 12.3. The zero-order chi connectivity index (χ0) is 16.4. The van der Waals surface area contributed by atoms with Crippen molar-refractivity contribution in [2.45, 2.75) is 13.3 Å². The molecule has 1 aromatic rings. The van der Waals surface area contributed by atoms with E-state index in [4.69, 9.17) is 9.47 Å². The molecular weight excluding hydrogens is 298 g/mol. The van der Waals surface area contributed by atoms with Crippen LogP contribution in [-0.2, 0) is 4.79 Å². The Balaban J connectivity index is 1.53. The molecule has 0 saturated carbocycles. The van der Waals surface area contributed by atoms with E-state index in [-0.39, 0.29) is 18.7 Å². The number of nitrogens with zero attached hydrogens (tertiary/aromatic N) is 2. The Hall–Kier alpha value is -2.44. The van der Waals surface area contributed by atoms with Gasteiger partial charge < -0.3 is 24.6 Å². The van der Waals surface area contributed by atoms with Crippen LogP contribution in [0.15, 0.2) is 18.2 Å². The van der Waals surface area contributed by atoms with Gasteiger partial charge in [0.25, 0.3) is 0 Å². The van der Waals surface area contributed by atoms with Gasteiger partial charge in [-0.05, 0) is 24.5 Å². The second kappa shape index (κ2) is 6.36. The summed E-state index contributed by atoms with van der Waals surface area (Å²) in [4.78, 5) is 27.1. The molecule has 7 heteroatoms. The first-order chi connectivity index (χ1) is 11.0. The second-order valence-electron chi connectivity index (χ2n) is 6.00. The van der Waals surface area contributed by atoms with Gasteiger partial charge in [0, 0.05) is 45.4 Å². The molecule has 2 aliphatic rings. The van der Waals surface area contributed by atoms with E-state index >= 15 is 0 Å². The van der Waals surface area contributed by atoms with Gasteiger partial charge in [-0.15, -0.1) is 0 Å². The molecule has 0 radical (unpaired) electrons. The van der Waals surface area contributed by atoms with Gasteiger partial charge in [-0.2, -0.15) is 0 Å². The Morgan fingerprint density at radius 3 is 2.87 bits per heavy atom. The van der Waals surface area contributed by atoms with Crippen molar-refractivity contribution in [1.82, 2.24) is 9.80 Å². The fourth-order valence-electron chi connectivity index (χ4n) is 2.93. The first-order valence-electron chi connectivity index (χ1n) is 7.70. The maximum absolute atomic E-state index is 12.3. The van der Waals surface area contributed by atoms with E-state index in [2.05, 4.69) is 5.32 Å². The number of fused-ring (bicyclic) bond motifs is 1. The highest BCUT2D eigenvalue weighted by molar-refractivity contribution is 5.89. The van der Waals surface area contributed by atoms with Crippen LogP contribution in [0, 0.1) is 5.92 Å². The predicted molar refractivity (Wildman–Crippen MR) is 84.6 cm³/mol. The van der Waals surface area contributed by atoms with Crippen molar-refractivity contribution in [3.63, 3.8) is 0 Å². The van der Waals surface area contributed by atoms with Crippen LogP contribution in [-0.4, -0.2) is 55.2 Å². The number of ether oxygens (including phenoxy) is 2. The van der Waals surface area contributed by atoms with Crippen molar-refractivity contribution in [2.24, 2.45) is 5.92 Å². The molecule has 1 atom stereocenters. The molecule has 7 nitrogen and oxygen atoms in total. The van der Waals surface area contributed by atoms with E-state index in [1.165, 1.54) is 0 Å². The molecule has 1 aromatic carbocycles. The van der Waals surface area contributed by atoms with Crippen molar-refractivity contribution in [2.75, 3.05) is 38.8 Å². The molecule has 2 heterocycles. The highest BCUT2D eigenvalue weighted by Gasteiger charge is 2.26. The number of carbonyl (C=O) groups is 2. The normalized spacial score (nSPS) is 18.9. The summed E-state index contributed by atoms with van der Waals surface area (Å²) in [5.74, 6) is 1.75. The van der Waals surface area contributed by atoms with Gasteiger partial charge in [-0.3, -0.25) is 4.79 Å². The number of amides is 3. The van der Waals surface area contributed by atoms with E-state index in [9.17, 15) is 9.59 Å². The molecular formula is C16H21N3O4. The minimum atomic E-state index is -0.176. The van der Waals surface area contributed by atoms with Crippen molar-refractivity contribution < 1.29 is 19.1 Å². The summed E-state index contributed by atoms with van der Waals surface area (Å²) in [6.07, 6.45) is 0.932. The molecule has 23 heavy (non-hydrogen) atoms. The Morgan fingerprint density at radius 2 is 2.13 bits per heavy atom. The third-order valence-corrected chi connectivity index (χ3v) is 4.23. The average molecular weight is 319 g/mol. The topological polar surface area (TPSA) is 71.1 Å². The van der Waals surface area contributed by atoms with E-state index < -0.39 is 0 Å². The summed E-state index contributed by atoms with van der Waals surface area (Å²) >= 11 is 0. The molecule has 0 spiro atoms. The number of anilines is 1. The third-order valence-electron chi connectivity index (χ3n) is 4.23. The summed E-state index contributed by atoms with van der Waals surface area (Å²) in [6.45, 7) is 3.91. The number of carbonyl (C=O) groups excluding carboxylic acids is 2. The maximum Gasteiger partial charge on any atom is 0.321 e. The SMILES string of the molecule is CC(=O)N1CCC(CN(C)C(=O)Nc2ccc3c(c2)OCO3)C1. The van der Waals surface area contributed by atoms with E-state index in [0.717, 1.165) is 19.5 Å². The predicted octanol–water partition coefficient (Wildman–Crippen LogP) is 1.75. The fraction of sp³-hybridized carbons (Fsp3) is 0.500. The summed E-state index contributed by atoms with van der Waals surface area (Å²) in [5.41, 5.74) is 0.669. The lowest BCUT2D eigenvalue weighted by atomic mass is 10.1. The lowest BCUT2D eigenvalue weighted by Crippen LogP contribution is -2.36. The van der Waals surface area contributed by atoms with Gasteiger partial charge in [-0.1, -0.05) is 0 Å². The lowest BCUT2D eigenvalue weighted by molar-refractivity contribution is -0.127. The molecule has 2 aliphatic heterocycles. The van der Waals surface area contributed by atoms with Crippen LogP contribution >= 0.6 is 0 Å². The van der Waals surface area contributed by atoms with Gasteiger partial charge in [0.1, 0.15) is 0 Å². The number of nitrogens with one attached hydrogen (secondary N) is 1. The molecule has 1 saturated heterocycles. The van der Waals surface area contributed by atoms with Crippen molar-refractivity contribution >= 4 is 17.6 Å². The smallest absolute Gasteiger partial charge is 0.321 e. The van der Waals surface area contributed by atoms with Crippen LogP contribution in [0.1, 0.15) is 13.3 Å². The van der Waals surface area contributed by atoms with Crippen LogP contribution in [0.3, 0.4) is 0 Å². The molecule has 0 bridgehead atoms. The molecule has 124 valence electrons. The fourth-order valence-corrected chi connectivity index (χ4v) is 2.93. The Morgan fingerprint density at radius 1 is 1.35 bits per heavy atom. The van der Waals surface area contributed by atoms with Gasteiger partial charge >= 0.3 is 6.03 Å². The summed E-state index contributed by atoms with van der Waals surface area (Å²) < 4.78 is 10.5. The standard InChI is InChI=1S/C16H21N3O4/c1-11(20)19-6-5-12(9-19)8-18(2)16(21)17-13-3-4-14-15(7-13)23-10-22-14/h3-4,7,12H,5-6,8-10H2,1-2H3,(H,17,21). The molecule has 3 rings (SSSR count). The molecule has 1 fully saturated rings. The summed E-state index contributed by atoms with van der Waals surface area (Å²) in [6, 6.07) is 5.14. The molecule has 0 aliphatic carbocycles. The van der Waals surface area contributed by atoms with E-state index in [1.807, 2.05) is 4.90 Å². The molecule has 0 aromatic heterocycles. The van der Waals surface area contributed by atoms with Crippen LogP contribution in [0.4, 0.5) is 10.5 Å². The Kier molecular flexibility index (Phi) is 4.27. The zero-order valence-corrected chi connectivity index (χ0v) is 13.4. The van der Waals surface area contributed by atoms with E-state index in [0.29, 0.717) is 29.6 Å². The van der Waals surface area contributed by atoms with Crippen molar-refractivity contribution in [1.29, 1.82) is 0 Å².